The molecule has 2 heterocycles. The van der Waals surface area contributed by atoms with Gasteiger partial charge in [0.2, 0.25) is 5.95 Å². The molecule has 4 rings (SSSR count). The molecule has 0 radical (unpaired) electrons. The second-order valence-electron chi connectivity index (χ2n) is 8.26. The number of benzene rings is 2. The molecule has 176 valence electrons. The van der Waals surface area contributed by atoms with E-state index in [1.165, 1.54) is 7.11 Å². The van der Waals surface area contributed by atoms with Crippen LogP contribution in [0, 0.1) is 0 Å². The summed E-state index contributed by atoms with van der Waals surface area (Å²) < 4.78 is 7.59. The lowest BCUT2D eigenvalue weighted by Gasteiger charge is -2.15. The third-order valence-electron chi connectivity index (χ3n) is 5.54. The molecule has 4 aromatic rings. The van der Waals surface area contributed by atoms with Crippen LogP contribution in [0.5, 0.6) is 5.75 Å². The predicted octanol–water partition coefficient (Wildman–Crippen LogP) is 3.26. The molecule has 2 aromatic heterocycles. The Kier molecular flexibility index (Phi) is 6.65. The summed E-state index contributed by atoms with van der Waals surface area (Å²) in [5.74, 6) is 0.607. The maximum Gasteiger partial charge on any atom is 0.253 e. The van der Waals surface area contributed by atoms with Gasteiger partial charge in [0.15, 0.2) is 0 Å². The highest BCUT2D eigenvalue weighted by molar-refractivity contribution is 6.01. The average molecular weight is 460 g/mol. The summed E-state index contributed by atoms with van der Waals surface area (Å²) in [6.07, 6.45) is 3.76. The summed E-state index contributed by atoms with van der Waals surface area (Å²) in [4.78, 5) is 23.6. The summed E-state index contributed by atoms with van der Waals surface area (Å²) in [7, 11) is 7.44. The molecule has 9 heteroatoms. The number of ether oxygens (including phenoxy) is 1. The van der Waals surface area contributed by atoms with E-state index in [0.717, 1.165) is 28.7 Å². The Morgan fingerprint density at radius 3 is 2.76 bits per heavy atom. The van der Waals surface area contributed by atoms with Crippen molar-refractivity contribution in [3.8, 4) is 17.0 Å². The van der Waals surface area contributed by atoms with E-state index in [-0.39, 0.29) is 5.91 Å². The van der Waals surface area contributed by atoms with Crippen molar-refractivity contribution in [3.05, 3.63) is 60.4 Å². The van der Waals surface area contributed by atoms with Crippen molar-refractivity contribution in [2.45, 2.75) is 0 Å². The van der Waals surface area contributed by atoms with Gasteiger partial charge in [-0.2, -0.15) is 0 Å². The molecule has 0 fully saturated rings. The Hall–Kier alpha value is -4.11. The highest BCUT2D eigenvalue weighted by atomic mass is 16.5. The molecule has 0 bridgehead atoms. The van der Waals surface area contributed by atoms with Gasteiger partial charge in [-0.15, -0.1) is 0 Å². The summed E-state index contributed by atoms with van der Waals surface area (Å²) in [5, 5.41) is 7.16. The van der Waals surface area contributed by atoms with Gasteiger partial charge in [0, 0.05) is 54.7 Å². The standard InChI is InChI=1S/C25H29N7O2/c1-31(2)12-11-27-24(33)17-13-23(34-4)21(14-19(17)26)30-25-28-10-9-20(29-25)18-15-32(3)22-8-6-5-7-16(18)22/h5-10,13-15H,11-12,26H2,1-4H3,(H,27,33)(H,28,29,30). The number of carbonyl (C=O) groups excluding carboxylic acids is 1. The molecule has 0 spiro atoms. The third-order valence-corrected chi connectivity index (χ3v) is 5.54. The summed E-state index contributed by atoms with van der Waals surface area (Å²) >= 11 is 0. The van der Waals surface area contributed by atoms with Crippen LogP contribution in [0.4, 0.5) is 17.3 Å². The number of nitrogens with one attached hydrogen (secondary N) is 2. The van der Waals surface area contributed by atoms with E-state index in [0.29, 0.717) is 35.2 Å². The molecule has 0 aliphatic rings. The van der Waals surface area contributed by atoms with Crippen LogP contribution < -0.4 is 21.1 Å². The van der Waals surface area contributed by atoms with Crippen LogP contribution in [-0.4, -0.2) is 59.6 Å². The SMILES string of the molecule is COc1cc(C(=O)NCCN(C)C)c(N)cc1Nc1nccc(-c2cn(C)c3ccccc23)n1. The smallest absolute Gasteiger partial charge is 0.253 e. The van der Waals surface area contributed by atoms with Gasteiger partial charge in [0.1, 0.15) is 5.75 Å². The minimum atomic E-state index is -0.251. The zero-order valence-corrected chi connectivity index (χ0v) is 19.8. The molecule has 0 saturated carbocycles. The molecular weight excluding hydrogens is 430 g/mol. The molecule has 0 unspecified atom stereocenters. The van der Waals surface area contributed by atoms with Crippen molar-refractivity contribution < 1.29 is 9.53 Å². The highest BCUT2D eigenvalue weighted by Crippen LogP contribution is 2.33. The maximum absolute atomic E-state index is 12.6. The van der Waals surface area contributed by atoms with Gasteiger partial charge in [-0.05, 0) is 38.4 Å². The number of fused-ring (bicyclic) bond motifs is 1. The average Bonchev–Trinajstić information content (AvgIpc) is 3.16. The number of aryl methyl sites for hydroxylation is 1. The number of hydrogen-bond acceptors (Lipinski definition) is 7. The molecule has 0 aliphatic heterocycles. The zero-order valence-electron chi connectivity index (χ0n) is 19.8. The van der Waals surface area contributed by atoms with E-state index in [1.54, 1.807) is 18.3 Å². The van der Waals surface area contributed by atoms with E-state index in [1.807, 2.05) is 44.2 Å². The van der Waals surface area contributed by atoms with Crippen LogP contribution >= 0.6 is 0 Å². The largest absolute Gasteiger partial charge is 0.495 e. The first kappa shape index (κ1) is 23.1. The number of amides is 1. The predicted molar refractivity (Wildman–Crippen MR) is 136 cm³/mol. The molecular formula is C25H29N7O2. The summed E-state index contributed by atoms with van der Waals surface area (Å²) in [6, 6.07) is 13.3. The summed E-state index contributed by atoms with van der Waals surface area (Å²) in [5.41, 5.74) is 10.4. The first-order valence-electron chi connectivity index (χ1n) is 10.9. The molecule has 2 aromatic carbocycles. The number of likely N-dealkylation sites (N-methyl/N-ethyl adjacent to an activating group) is 1. The van der Waals surface area contributed by atoms with E-state index in [2.05, 4.69) is 38.5 Å². The number of carbonyl (C=O) groups is 1. The van der Waals surface area contributed by atoms with Crippen LogP contribution in [0.25, 0.3) is 22.2 Å². The van der Waals surface area contributed by atoms with Crippen LogP contribution in [0.2, 0.25) is 0 Å². The Bertz CT molecular complexity index is 1330. The summed E-state index contributed by atoms with van der Waals surface area (Å²) in [6.45, 7) is 1.25. The maximum atomic E-state index is 12.6. The number of para-hydroxylation sites is 1. The van der Waals surface area contributed by atoms with Crippen molar-refractivity contribution in [3.63, 3.8) is 0 Å². The number of nitrogens with zero attached hydrogens (tertiary/aromatic N) is 4. The number of nitrogens with two attached hydrogens (primary N) is 1. The van der Waals surface area contributed by atoms with Crippen LogP contribution in [0.3, 0.4) is 0 Å². The Morgan fingerprint density at radius 2 is 2.00 bits per heavy atom. The number of rotatable bonds is 8. The number of aromatic nitrogens is 3. The second kappa shape index (κ2) is 9.80. The van der Waals surface area contributed by atoms with Gasteiger partial charge in [-0.1, -0.05) is 18.2 Å². The van der Waals surface area contributed by atoms with Crippen LogP contribution in [0.15, 0.2) is 54.9 Å². The fourth-order valence-corrected chi connectivity index (χ4v) is 3.78. The van der Waals surface area contributed by atoms with E-state index in [9.17, 15) is 4.79 Å². The first-order chi connectivity index (χ1) is 16.4. The van der Waals surface area contributed by atoms with Crippen molar-refractivity contribution in [2.24, 2.45) is 7.05 Å². The monoisotopic (exact) mass is 459 g/mol. The first-order valence-corrected chi connectivity index (χ1v) is 10.9. The minimum absolute atomic E-state index is 0.251. The second-order valence-corrected chi connectivity index (χ2v) is 8.26. The Morgan fingerprint density at radius 1 is 1.21 bits per heavy atom. The van der Waals surface area contributed by atoms with Crippen molar-refractivity contribution in [2.75, 3.05) is 45.3 Å². The Labute approximate surface area is 198 Å². The number of hydrogen-bond donors (Lipinski definition) is 3. The number of methoxy groups -OCH3 is 1. The molecule has 0 aliphatic carbocycles. The van der Waals surface area contributed by atoms with Gasteiger partial charge in [0.25, 0.3) is 5.91 Å². The molecule has 4 N–H and O–H groups in total. The third kappa shape index (κ3) is 4.79. The van der Waals surface area contributed by atoms with Gasteiger partial charge in [-0.25, -0.2) is 9.97 Å². The number of anilines is 3. The van der Waals surface area contributed by atoms with E-state index in [4.69, 9.17) is 15.5 Å². The lowest BCUT2D eigenvalue weighted by Crippen LogP contribution is -2.31. The normalized spacial score (nSPS) is 11.1. The zero-order chi connectivity index (χ0) is 24.2. The van der Waals surface area contributed by atoms with Crippen molar-refractivity contribution in [1.82, 2.24) is 24.8 Å². The Balaban J connectivity index is 1.60. The lowest BCUT2D eigenvalue weighted by atomic mass is 10.1. The van der Waals surface area contributed by atoms with Gasteiger partial charge >= 0.3 is 0 Å². The van der Waals surface area contributed by atoms with E-state index < -0.39 is 0 Å². The van der Waals surface area contributed by atoms with Crippen molar-refractivity contribution in [1.29, 1.82) is 0 Å². The quantitative estimate of drug-likeness (QED) is 0.347. The van der Waals surface area contributed by atoms with Crippen LogP contribution in [-0.2, 0) is 7.05 Å². The molecule has 9 nitrogen and oxygen atoms in total. The minimum Gasteiger partial charge on any atom is -0.495 e. The molecule has 34 heavy (non-hydrogen) atoms. The highest BCUT2D eigenvalue weighted by Gasteiger charge is 2.16. The van der Waals surface area contributed by atoms with E-state index >= 15 is 0 Å². The van der Waals surface area contributed by atoms with Crippen LogP contribution in [0.1, 0.15) is 10.4 Å². The fraction of sp³-hybridized carbons (Fsp3) is 0.240. The van der Waals surface area contributed by atoms with Gasteiger partial charge in [0.05, 0.1) is 24.1 Å². The van der Waals surface area contributed by atoms with Gasteiger partial charge < -0.3 is 30.6 Å². The van der Waals surface area contributed by atoms with Crippen molar-refractivity contribution >= 4 is 34.1 Å². The molecule has 0 saturated heterocycles. The molecule has 0 atom stereocenters. The molecule has 1 amide bonds. The van der Waals surface area contributed by atoms with Gasteiger partial charge in [-0.3, -0.25) is 4.79 Å². The topological polar surface area (TPSA) is 110 Å². The lowest BCUT2D eigenvalue weighted by molar-refractivity contribution is 0.0951. The fourth-order valence-electron chi connectivity index (χ4n) is 3.78. The number of nitrogen functional groups attached to an aromatic ring is 1.